The number of carbonyl (C=O) groups excluding carboxylic acids is 1. The van der Waals surface area contributed by atoms with Gasteiger partial charge in [-0.3, -0.25) is 4.79 Å². The number of aliphatic hydroxyl groups is 1. The van der Waals surface area contributed by atoms with Crippen molar-refractivity contribution in [3.05, 3.63) is 59.3 Å². The summed E-state index contributed by atoms with van der Waals surface area (Å²) in [6, 6.07) is 7.39. The molecule has 0 unspecified atom stereocenters. The van der Waals surface area contributed by atoms with Crippen molar-refractivity contribution < 1.29 is 14.3 Å². The minimum absolute atomic E-state index is 0.207. The molecule has 0 saturated carbocycles. The van der Waals surface area contributed by atoms with Gasteiger partial charge in [0.1, 0.15) is 11.6 Å². The number of H-pyrrole nitrogens is 1. The fourth-order valence-corrected chi connectivity index (χ4v) is 3.40. The molecule has 0 radical (unpaired) electrons. The number of pyridine rings is 1. The van der Waals surface area contributed by atoms with Gasteiger partial charge in [0.05, 0.1) is 23.2 Å². The first-order valence-corrected chi connectivity index (χ1v) is 8.09. The van der Waals surface area contributed by atoms with E-state index in [1.165, 1.54) is 12.1 Å². The lowest BCUT2D eigenvalue weighted by atomic mass is 10.0. The molecule has 1 fully saturated rings. The largest absolute Gasteiger partial charge is 0.391 e. The maximum absolute atomic E-state index is 13.2. The van der Waals surface area contributed by atoms with Crippen LogP contribution < -0.4 is 0 Å². The summed E-state index contributed by atoms with van der Waals surface area (Å²) in [4.78, 5) is 26.3. The van der Waals surface area contributed by atoms with Crippen molar-refractivity contribution >= 4 is 17.1 Å². The smallest absolute Gasteiger partial charge is 0.256 e. The first-order valence-electron chi connectivity index (χ1n) is 8.09. The number of β-amino-alcohol motifs (C(OH)–C–C–N with tert-alkyl or cyclic N) is 1. The molecule has 1 aliphatic heterocycles. The number of fused-ring (bicyclic) bond motifs is 1. The van der Waals surface area contributed by atoms with Crippen LogP contribution in [0.2, 0.25) is 0 Å². The molecule has 0 spiro atoms. The number of nitrogens with zero attached hydrogens (tertiary/aromatic N) is 3. The van der Waals surface area contributed by atoms with Gasteiger partial charge in [0.2, 0.25) is 0 Å². The van der Waals surface area contributed by atoms with E-state index in [-0.39, 0.29) is 24.3 Å². The molecule has 1 aliphatic rings. The number of aliphatic hydroxyl groups excluding tert-OH is 1. The maximum Gasteiger partial charge on any atom is 0.256 e. The first-order chi connectivity index (χ1) is 12.0. The van der Waals surface area contributed by atoms with E-state index in [9.17, 15) is 14.3 Å². The summed E-state index contributed by atoms with van der Waals surface area (Å²) >= 11 is 0. The molecule has 6 nitrogen and oxygen atoms in total. The highest BCUT2D eigenvalue weighted by atomic mass is 19.1. The Kier molecular flexibility index (Phi) is 3.73. The third-order valence-corrected chi connectivity index (χ3v) is 4.54. The Morgan fingerprint density at radius 3 is 2.84 bits per heavy atom. The van der Waals surface area contributed by atoms with Gasteiger partial charge in [-0.2, -0.15) is 0 Å². The lowest BCUT2D eigenvalue weighted by Gasteiger charge is -2.25. The topological polar surface area (TPSA) is 82.1 Å². The number of aryl methyl sites for hydroxylation is 1. The van der Waals surface area contributed by atoms with Crippen molar-refractivity contribution in [1.29, 1.82) is 0 Å². The molecule has 2 N–H and O–H groups in total. The van der Waals surface area contributed by atoms with Crippen LogP contribution in [0.25, 0.3) is 11.2 Å². The molecule has 1 aromatic carbocycles. The summed E-state index contributed by atoms with van der Waals surface area (Å²) in [6.45, 7) is 2.04. The van der Waals surface area contributed by atoms with Crippen molar-refractivity contribution in [2.24, 2.45) is 0 Å². The molecule has 1 saturated heterocycles. The van der Waals surface area contributed by atoms with Gasteiger partial charge >= 0.3 is 0 Å². The Hall–Kier alpha value is -2.80. The zero-order chi connectivity index (χ0) is 17.6. The van der Waals surface area contributed by atoms with Crippen molar-refractivity contribution in [2.45, 2.75) is 25.5 Å². The number of benzene rings is 1. The summed E-state index contributed by atoms with van der Waals surface area (Å²) < 4.78 is 13.2. The van der Waals surface area contributed by atoms with Gasteiger partial charge in [-0.1, -0.05) is 12.1 Å². The van der Waals surface area contributed by atoms with Crippen LogP contribution >= 0.6 is 0 Å². The Labute approximate surface area is 143 Å². The molecule has 2 aromatic heterocycles. The molecule has 4 rings (SSSR count). The Bertz CT molecular complexity index is 938. The molecule has 3 heterocycles. The molecular weight excluding hydrogens is 323 g/mol. The van der Waals surface area contributed by atoms with Crippen molar-refractivity contribution in [3.63, 3.8) is 0 Å². The lowest BCUT2D eigenvalue weighted by molar-refractivity contribution is 0.0717. The number of imidazole rings is 1. The van der Waals surface area contributed by atoms with Gasteiger partial charge in [-0.15, -0.1) is 0 Å². The second kappa shape index (κ2) is 5.93. The second-order valence-corrected chi connectivity index (χ2v) is 6.29. The summed E-state index contributed by atoms with van der Waals surface area (Å²) in [7, 11) is 0. The number of likely N-dealkylation sites (tertiary alicyclic amines) is 1. The number of hydrogen-bond acceptors (Lipinski definition) is 4. The van der Waals surface area contributed by atoms with Gasteiger partial charge in [0.25, 0.3) is 5.91 Å². The molecule has 1 amide bonds. The van der Waals surface area contributed by atoms with E-state index in [4.69, 9.17) is 0 Å². The first kappa shape index (κ1) is 15.7. The standard InChI is InChI=1S/C18H17FN4O2/c1-10-21-16-14(6-7-20-17(16)22-10)18(25)23-9-13(24)8-15(23)11-2-4-12(19)5-3-11/h2-7,13,15,24H,8-9H2,1H3,(H,20,21,22)/t13-,15-/m1/s1. The molecule has 0 aliphatic carbocycles. The van der Waals surface area contributed by atoms with E-state index in [2.05, 4.69) is 15.0 Å². The third-order valence-electron chi connectivity index (χ3n) is 4.54. The minimum Gasteiger partial charge on any atom is -0.391 e. The predicted octanol–water partition coefficient (Wildman–Crippen LogP) is 2.35. The van der Waals surface area contributed by atoms with Crippen molar-refractivity contribution in [3.8, 4) is 0 Å². The van der Waals surface area contributed by atoms with E-state index in [0.717, 1.165) is 5.56 Å². The third kappa shape index (κ3) is 2.76. The molecule has 3 aromatic rings. The quantitative estimate of drug-likeness (QED) is 0.750. The highest BCUT2D eigenvalue weighted by Crippen LogP contribution is 2.34. The number of aromatic nitrogens is 3. The number of carbonyl (C=O) groups is 1. The Balaban J connectivity index is 1.73. The van der Waals surface area contributed by atoms with E-state index in [1.54, 1.807) is 36.2 Å². The van der Waals surface area contributed by atoms with E-state index < -0.39 is 6.10 Å². The van der Waals surface area contributed by atoms with Crippen LogP contribution in [0.5, 0.6) is 0 Å². The fraction of sp³-hybridized carbons (Fsp3) is 0.278. The van der Waals surface area contributed by atoms with Gasteiger partial charge in [-0.05, 0) is 37.1 Å². The summed E-state index contributed by atoms with van der Waals surface area (Å²) in [5, 5.41) is 10.1. The SMILES string of the molecule is Cc1nc2nccc(C(=O)N3C[C@H](O)C[C@@H]3c3ccc(F)cc3)c2[nH]1. The molecule has 25 heavy (non-hydrogen) atoms. The normalized spacial score (nSPS) is 20.4. The molecular formula is C18H17FN4O2. The van der Waals surface area contributed by atoms with E-state index in [1.807, 2.05) is 0 Å². The van der Waals surface area contributed by atoms with Gasteiger partial charge in [0, 0.05) is 12.7 Å². The molecule has 0 bridgehead atoms. The van der Waals surface area contributed by atoms with Crippen LogP contribution in [0.3, 0.4) is 0 Å². The average Bonchev–Trinajstić information content (AvgIpc) is 3.16. The zero-order valence-electron chi connectivity index (χ0n) is 13.6. The predicted molar refractivity (Wildman–Crippen MR) is 89.4 cm³/mol. The second-order valence-electron chi connectivity index (χ2n) is 6.29. The van der Waals surface area contributed by atoms with Gasteiger partial charge < -0.3 is 15.0 Å². The Morgan fingerprint density at radius 1 is 1.32 bits per heavy atom. The van der Waals surface area contributed by atoms with Crippen LogP contribution in [0.4, 0.5) is 4.39 Å². The van der Waals surface area contributed by atoms with Gasteiger partial charge in [0.15, 0.2) is 5.65 Å². The summed E-state index contributed by atoms with van der Waals surface area (Å²) in [5.41, 5.74) is 2.34. The number of aromatic amines is 1. The molecule has 2 atom stereocenters. The highest BCUT2D eigenvalue weighted by molar-refractivity contribution is 6.04. The Morgan fingerprint density at radius 2 is 2.08 bits per heavy atom. The van der Waals surface area contributed by atoms with Gasteiger partial charge in [-0.25, -0.2) is 14.4 Å². The summed E-state index contributed by atoms with van der Waals surface area (Å²) in [6.07, 6.45) is 1.36. The monoisotopic (exact) mass is 340 g/mol. The van der Waals surface area contributed by atoms with Crippen molar-refractivity contribution in [2.75, 3.05) is 6.54 Å². The van der Waals surface area contributed by atoms with Crippen molar-refractivity contribution in [1.82, 2.24) is 19.9 Å². The maximum atomic E-state index is 13.2. The number of nitrogens with one attached hydrogen (secondary N) is 1. The average molecular weight is 340 g/mol. The molecule has 7 heteroatoms. The highest BCUT2D eigenvalue weighted by Gasteiger charge is 2.36. The van der Waals surface area contributed by atoms with E-state index >= 15 is 0 Å². The lowest BCUT2D eigenvalue weighted by Crippen LogP contribution is -2.32. The van der Waals surface area contributed by atoms with Crippen LogP contribution in [-0.2, 0) is 0 Å². The number of hydrogen-bond donors (Lipinski definition) is 2. The number of rotatable bonds is 2. The summed E-state index contributed by atoms with van der Waals surface area (Å²) in [5.74, 6) is 0.144. The van der Waals surface area contributed by atoms with Crippen LogP contribution in [0.1, 0.15) is 34.2 Å². The van der Waals surface area contributed by atoms with Crippen LogP contribution in [0, 0.1) is 12.7 Å². The minimum atomic E-state index is -0.611. The fourth-order valence-electron chi connectivity index (χ4n) is 3.40. The zero-order valence-corrected chi connectivity index (χ0v) is 13.6. The van der Waals surface area contributed by atoms with Crippen LogP contribution in [0.15, 0.2) is 36.5 Å². The van der Waals surface area contributed by atoms with Crippen LogP contribution in [-0.4, -0.2) is 43.5 Å². The van der Waals surface area contributed by atoms with E-state index in [0.29, 0.717) is 29.0 Å². The number of halogens is 1. The number of amides is 1. The molecule has 128 valence electrons.